The third-order valence-corrected chi connectivity index (χ3v) is 8.45. The molecule has 1 saturated carbocycles. The van der Waals surface area contributed by atoms with Crippen LogP contribution in [0.15, 0.2) is 42.5 Å². The lowest BCUT2D eigenvalue weighted by Gasteiger charge is -2.30. The SMILES string of the molecule is C[C@@H](C(=O)NC1CCCC1)N(Cc1ccc(Cl)cc1)C(=O)CCCN(c1cc(Cl)ccc1Cl)S(C)(=O)=O. The van der Waals surface area contributed by atoms with Crippen molar-refractivity contribution in [1.82, 2.24) is 10.2 Å². The molecule has 0 aromatic heterocycles. The van der Waals surface area contributed by atoms with Gasteiger partial charge in [-0.15, -0.1) is 0 Å². The summed E-state index contributed by atoms with van der Waals surface area (Å²) in [5.41, 5.74) is 1.09. The second-order valence-corrected chi connectivity index (χ2v) is 12.5. The molecule has 1 atom stereocenters. The van der Waals surface area contributed by atoms with Gasteiger partial charge in [0.1, 0.15) is 6.04 Å². The molecule has 1 fully saturated rings. The molecule has 1 N–H and O–H groups in total. The first-order valence-electron chi connectivity index (χ1n) is 12.2. The van der Waals surface area contributed by atoms with Crippen LogP contribution in [0.1, 0.15) is 51.0 Å². The fourth-order valence-corrected chi connectivity index (χ4v) is 5.95. The van der Waals surface area contributed by atoms with E-state index in [1.807, 2.05) is 12.1 Å². The number of sulfonamides is 1. The molecule has 2 aromatic carbocycles. The van der Waals surface area contributed by atoms with E-state index in [9.17, 15) is 18.0 Å². The molecule has 202 valence electrons. The summed E-state index contributed by atoms with van der Waals surface area (Å²) in [6, 6.07) is 11.1. The first kappa shape index (κ1) is 29.6. The fourth-order valence-electron chi connectivity index (χ4n) is 4.42. The summed E-state index contributed by atoms with van der Waals surface area (Å²) in [5, 5.41) is 4.23. The summed E-state index contributed by atoms with van der Waals surface area (Å²) in [6.45, 7) is 1.97. The zero-order valence-electron chi connectivity index (χ0n) is 20.9. The number of halogens is 3. The fraction of sp³-hybridized carbons (Fsp3) is 0.462. The Morgan fingerprint density at radius 3 is 2.27 bits per heavy atom. The third-order valence-electron chi connectivity index (χ3n) is 6.46. The Kier molecular flexibility index (Phi) is 10.5. The third kappa shape index (κ3) is 8.50. The number of rotatable bonds is 11. The van der Waals surface area contributed by atoms with Crippen molar-refractivity contribution < 1.29 is 18.0 Å². The Morgan fingerprint density at radius 1 is 1.03 bits per heavy atom. The second kappa shape index (κ2) is 13.2. The number of amides is 2. The smallest absolute Gasteiger partial charge is 0.242 e. The molecule has 1 aliphatic rings. The lowest BCUT2D eigenvalue weighted by Crippen LogP contribution is -2.49. The lowest BCUT2D eigenvalue weighted by molar-refractivity contribution is -0.141. The molecule has 11 heteroatoms. The van der Waals surface area contributed by atoms with Crippen molar-refractivity contribution in [2.24, 2.45) is 0 Å². The van der Waals surface area contributed by atoms with Crippen LogP contribution < -0.4 is 9.62 Å². The highest BCUT2D eigenvalue weighted by Gasteiger charge is 2.29. The number of hydrogen-bond donors (Lipinski definition) is 1. The van der Waals surface area contributed by atoms with Crippen molar-refractivity contribution in [3.05, 3.63) is 63.1 Å². The Hall–Kier alpha value is -2.00. The Balaban J connectivity index is 1.73. The number of carbonyl (C=O) groups excluding carboxylic acids is 2. The zero-order chi connectivity index (χ0) is 27.2. The van der Waals surface area contributed by atoms with Crippen LogP contribution >= 0.6 is 34.8 Å². The number of hydrogen-bond acceptors (Lipinski definition) is 4. The van der Waals surface area contributed by atoms with Gasteiger partial charge in [0.25, 0.3) is 0 Å². The van der Waals surface area contributed by atoms with E-state index in [-0.39, 0.29) is 54.5 Å². The number of nitrogens with zero attached hydrogens (tertiary/aromatic N) is 2. The van der Waals surface area contributed by atoms with Gasteiger partial charge >= 0.3 is 0 Å². The molecule has 0 spiro atoms. The summed E-state index contributed by atoms with van der Waals surface area (Å²) in [6.07, 6.45) is 5.39. The minimum atomic E-state index is -3.68. The molecule has 0 bridgehead atoms. The van der Waals surface area contributed by atoms with Gasteiger partial charge in [-0.1, -0.05) is 59.8 Å². The minimum absolute atomic E-state index is 0.0298. The molecule has 3 rings (SSSR count). The molecular formula is C26H32Cl3N3O4S. The summed E-state index contributed by atoms with van der Waals surface area (Å²) in [5.74, 6) is -0.452. The molecule has 0 aliphatic heterocycles. The minimum Gasteiger partial charge on any atom is -0.352 e. The van der Waals surface area contributed by atoms with Crippen LogP contribution in [0.25, 0.3) is 0 Å². The Labute approximate surface area is 234 Å². The number of anilines is 1. The van der Waals surface area contributed by atoms with E-state index in [1.165, 1.54) is 17.0 Å². The monoisotopic (exact) mass is 587 g/mol. The van der Waals surface area contributed by atoms with Gasteiger partial charge in [0.2, 0.25) is 21.8 Å². The van der Waals surface area contributed by atoms with E-state index in [2.05, 4.69) is 5.32 Å². The van der Waals surface area contributed by atoms with E-state index in [4.69, 9.17) is 34.8 Å². The maximum Gasteiger partial charge on any atom is 0.242 e. The maximum atomic E-state index is 13.4. The summed E-state index contributed by atoms with van der Waals surface area (Å²) >= 11 is 18.3. The average molecular weight is 589 g/mol. The van der Waals surface area contributed by atoms with Gasteiger partial charge in [-0.05, 0) is 62.1 Å². The van der Waals surface area contributed by atoms with Crippen molar-refractivity contribution in [3.8, 4) is 0 Å². The maximum absolute atomic E-state index is 13.4. The first-order valence-corrected chi connectivity index (χ1v) is 15.2. The van der Waals surface area contributed by atoms with Crippen molar-refractivity contribution in [3.63, 3.8) is 0 Å². The van der Waals surface area contributed by atoms with E-state index in [1.54, 1.807) is 25.1 Å². The zero-order valence-corrected chi connectivity index (χ0v) is 24.0. The summed E-state index contributed by atoms with van der Waals surface area (Å²) in [4.78, 5) is 27.9. The Bertz CT molecular complexity index is 1200. The predicted molar refractivity (Wildman–Crippen MR) is 150 cm³/mol. The quantitative estimate of drug-likeness (QED) is 0.367. The molecule has 37 heavy (non-hydrogen) atoms. The lowest BCUT2D eigenvalue weighted by atomic mass is 10.1. The molecular weight excluding hydrogens is 557 g/mol. The van der Waals surface area contributed by atoms with Gasteiger partial charge in [0.05, 0.1) is 17.0 Å². The van der Waals surface area contributed by atoms with Gasteiger partial charge in [0.15, 0.2) is 0 Å². The highest BCUT2D eigenvalue weighted by atomic mass is 35.5. The van der Waals surface area contributed by atoms with E-state index >= 15 is 0 Å². The highest BCUT2D eigenvalue weighted by Crippen LogP contribution is 2.31. The van der Waals surface area contributed by atoms with E-state index in [0.717, 1.165) is 41.8 Å². The van der Waals surface area contributed by atoms with Crippen LogP contribution in [-0.4, -0.2) is 50.0 Å². The second-order valence-electron chi connectivity index (χ2n) is 9.35. The molecule has 7 nitrogen and oxygen atoms in total. The number of benzene rings is 2. The number of carbonyl (C=O) groups is 2. The topological polar surface area (TPSA) is 86.8 Å². The summed E-state index contributed by atoms with van der Waals surface area (Å²) in [7, 11) is -3.68. The standard InChI is InChI=1S/C26H32Cl3N3O4S/c1-18(26(34)30-22-6-3-4-7-22)31(17-19-9-11-20(27)12-10-19)25(33)8-5-15-32(37(2,35)36)24-16-21(28)13-14-23(24)29/h9-14,16,18,22H,3-8,15,17H2,1-2H3,(H,30,34)/t18-/m0/s1. The van der Waals surface area contributed by atoms with Gasteiger partial charge < -0.3 is 10.2 Å². The summed E-state index contributed by atoms with van der Waals surface area (Å²) < 4.78 is 26.1. The van der Waals surface area contributed by atoms with Crippen molar-refractivity contribution >= 4 is 62.3 Å². The molecule has 2 aromatic rings. The van der Waals surface area contributed by atoms with Crippen LogP contribution in [0.2, 0.25) is 15.1 Å². The normalized spacial score (nSPS) is 14.8. The molecule has 0 radical (unpaired) electrons. The van der Waals surface area contributed by atoms with E-state index < -0.39 is 16.1 Å². The first-order chi connectivity index (χ1) is 17.5. The van der Waals surface area contributed by atoms with Crippen LogP contribution in [0.3, 0.4) is 0 Å². The largest absolute Gasteiger partial charge is 0.352 e. The van der Waals surface area contributed by atoms with Crippen LogP contribution in [0.4, 0.5) is 5.69 Å². The van der Waals surface area contributed by atoms with Gasteiger partial charge in [-0.3, -0.25) is 13.9 Å². The Morgan fingerprint density at radius 2 is 1.65 bits per heavy atom. The van der Waals surface area contributed by atoms with Crippen LogP contribution in [0.5, 0.6) is 0 Å². The van der Waals surface area contributed by atoms with Crippen molar-refractivity contribution in [2.75, 3.05) is 17.1 Å². The molecule has 0 heterocycles. The van der Waals surface area contributed by atoms with Gasteiger partial charge in [0, 0.05) is 35.6 Å². The molecule has 1 aliphatic carbocycles. The predicted octanol–water partition coefficient (Wildman–Crippen LogP) is 5.67. The van der Waals surface area contributed by atoms with Crippen molar-refractivity contribution in [2.45, 2.75) is 64.1 Å². The highest BCUT2D eigenvalue weighted by molar-refractivity contribution is 7.92. The average Bonchev–Trinajstić information content (AvgIpc) is 3.35. The van der Waals surface area contributed by atoms with Gasteiger partial charge in [-0.25, -0.2) is 8.42 Å². The van der Waals surface area contributed by atoms with Crippen molar-refractivity contribution in [1.29, 1.82) is 0 Å². The van der Waals surface area contributed by atoms with E-state index in [0.29, 0.717) is 10.0 Å². The van der Waals surface area contributed by atoms with Gasteiger partial charge in [-0.2, -0.15) is 0 Å². The molecule has 2 amide bonds. The number of nitrogens with one attached hydrogen (secondary N) is 1. The molecule has 0 saturated heterocycles. The molecule has 0 unspecified atom stereocenters. The van der Waals surface area contributed by atoms with Crippen LogP contribution in [0, 0.1) is 0 Å². The van der Waals surface area contributed by atoms with Crippen LogP contribution in [-0.2, 0) is 26.2 Å².